The van der Waals surface area contributed by atoms with Crippen LogP contribution in [0.3, 0.4) is 0 Å². The van der Waals surface area contributed by atoms with E-state index >= 15 is 0 Å². The Kier molecular flexibility index (Phi) is 4.64. The summed E-state index contributed by atoms with van der Waals surface area (Å²) in [4.78, 5) is 15.6. The number of piperidine rings is 1. The third-order valence-corrected chi connectivity index (χ3v) is 5.73. The minimum Gasteiger partial charge on any atom is -0.341 e. The molecule has 3 rings (SSSR count). The molecule has 0 aromatic heterocycles. The number of carbonyl (C=O) groups is 1. The molecule has 1 aliphatic heterocycles. The summed E-state index contributed by atoms with van der Waals surface area (Å²) in [6.07, 6.45) is 0.888. The van der Waals surface area contributed by atoms with Gasteiger partial charge in [0.05, 0.1) is 5.75 Å². The van der Waals surface area contributed by atoms with Crippen LogP contribution >= 0.6 is 11.8 Å². The molecule has 1 aliphatic rings. The zero-order valence-corrected chi connectivity index (χ0v) is 14.6. The monoisotopic (exact) mass is 328 g/mol. The second-order valence-corrected chi connectivity index (χ2v) is 8.05. The molecule has 0 bridgehead atoms. The van der Waals surface area contributed by atoms with Crippen LogP contribution in [0.1, 0.15) is 20.3 Å². The predicted octanol–water partition coefficient (Wildman–Crippen LogP) is 3.52. The SMILES string of the molecule is CC1(C)CN(C(=O)CSc2ccc3ccccc3c2)CCC1N. The van der Waals surface area contributed by atoms with Crippen LogP contribution in [-0.2, 0) is 4.79 Å². The van der Waals surface area contributed by atoms with Gasteiger partial charge in [-0.25, -0.2) is 0 Å². The molecule has 3 nitrogen and oxygen atoms in total. The Morgan fingerprint density at radius 2 is 2.00 bits per heavy atom. The first kappa shape index (κ1) is 16.3. The van der Waals surface area contributed by atoms with Crippen molar-refractivity contribution >= 4 is 28.4 Å². The van der Waals surface area contributed by atoms with Crippen molar-refractivity contribution in [3.8, 4) is 0 Å². The number of carbonyl (C=O) groups excluding carboxylic acids is 1. The quantitative estimate of drug-likeness (QED) is 0.877. The molecule has 0 radical (unpaired) electrons. The summed E-state index contributed by atoms with van der Waals surface area (Å²) in [5, 5.41) is 2.45. The van der Waals surface area contributed by atoms with Gasteiger partial charge >= 0.3 is 0 Å². The maximum Gasteiger partial charge on any atom is 0.232 e. The summed E-state index contributed by atoms with van der Waals surface area (Å²) >= 11 is 1.62. The zero-order chi connectivity index (χ0) is 16.4. The van der Waals surface area contributed by atoms with Crippen molar-refractivity contribution in [1.82, 2.24) is 4.90 Å². The third kappa shape index (κ3) is 3.70. The Labute approximate surface area is 142 Å². The number of benzene rings is 2. The Morgan fingerprint density at radius 1 is 1.26 bits per heavy atom. The number of rotatable bonds is 3. The smallest absolute Gasteiger partial charge is 0.232 e. The van der Waals surface area contributed by atoms with Gasteiger partial charge in [-0.1, -0.05) is 44.2 Å². The molecule has 0 saturated carbocycles. The van der Waals surface area contributed by atoms with Crippen LogP contribution in [0.25, 0.3) is 10.8 Å². The molecule has 1 amide bonds. The normalized spacial score (nSPS) is 20.7. The van der Waals surface area contributed by atoms with Gasteiger partial charge in [0.25, 0.3) is 0 Å². The molecule has 2 aromatic carbocycles. The summed E-state index contributed by atoms with van der Waals surface area (Å²) in [5.74, 6) is 0.701. The molecule has 2 N–H and O–H groups in total. The highest BCUT2D eigenvalue weighted by Gasteiger charge is 2.35. The molecule has 0 spiro atoms. The van der Waals surface area contributed by atoms with E-state index in [2.05, 4.69) is 44.2 Å². The maximum atomic E-state index is 12.5. The number of hydrogen-bond donors (Lipinski definition) is 1. The first-order valence-corrected chi connectivity index (χ1v) is 9.09. The number of hydrogen-bond acceptors (Lipinski definition) is 3. The lowest BCUT2D eigenvalue weighted by Crippen LogP contribution is -2.54. The van der Waals surface area contributed by atoms with Gasteiger partial charge in [-0.2, -0.15) is 0 Å². The highest BCUT2D eigenvalue weighted by atomic mass is 32.2. The van der Waals surface area contributed by atoms with Crippen LogP contribution in [0.2, 0.25) is 0 Å². The summed E-state index contributed by atoms with van der Waals surface area (Å²) in [7, 11) is 0. The van der Waals surface area contributed by atoms with E-state index in [9.17, 15) is 4.79 Å². The van der Waals surface area contributed by atoms with Gasteiger partial charge in [-0.3, -0.25) is 4.79 Å². The zero-order valence-electron chi connectivity index (χ0n) is 13.8. The second kappa shape index (κ2) is 6.54. The van der Waals surface area contributed by atoms with Gasteiger partial charge in [0, 0.05) is 24.0 Å². The first-order valence-electron chi connectivity index (χ1n) is 8.11. The van der Waals surface area contributed by atoms with Crippen LogP contribution in [-0.4, -0.2) is 35.7 Å². The minimum atomic E-state index is 0.00151. The van der Waals surface area contributed by atoms with E-state index in [1.54, 1.807) is 11.8 Å². The molecule has 1 unspecified atom stereocenters. The fraction of sp³-hybridized carbons (Fsp3) is 0.421. The third-order valence-electron chi connectivity index (χ3n) is 4.75. The van der Waals surface area contributed by atoms with Crippen molar-refractivity contribution in [3.63, 3.8) is 0 Å². The van der Waals surface area contributed by atoms with E-state index in [4.69, 9.17) is 5.73 Å². The van der Waals surface area contributed by atoms with Gasteiger partial charge in [0.1, 0.15) is 0 Å². The van der Waals surface area contributed by atoms with Crippen molar-refractivity contribution in [2.45, 2.75) is 31.2 Å². The maximum absolute atomic E-state index is 12.5. The van der Waals surface area contributed by atoms with E-state index in [1.165, 1.54) is 10.8 Å². The van der Waals surface area contributed by atoms with Gasteiger partial charge in [-0.15, -0.1) is 11.8 Å². The van der Waals surface area contributed by atoms with Crippen LogP contribution in [0.4, 0.5) is 0 Å². The van der Waals surface area contributed by atoms with Crippen LogP contribution < -0.4 is 5.73 Å². The first-order chi connectivity index (χ1) is 11.0. The molecule has 2 aromatic rings. The van der Waals surface area contributed by atoms with Crippen molar-refractivity contribution < 1.29 is 4.79 Å². The van der Waals surface area contributed by atoms with Gasteiger partial charge in [-0.05, 0) is 34.7 Å². The standard InChI is InChI=1S/C19H24N2OS/c1-19(2)13-21(10-9-17(19)20)18(22)12-23-16-8-7-14-5-3-4-6-15(14)11-16/h3-8,11,17H,9-10,12-13,20H2,1-2H3. The van der Waals surface area contributed by atoms with Gasteiger partial charge < -0.3 is 10.6 Å². The van der Waals surface area contributed by atoms with Crippen molar-refractivity contribution in [3.05, 3.63) is 42.5 Å². The van der Waals surface area contributed by atoms with Crippen molar-refractivity contribution in [2.24, 2.45) is 11.1 Å². The fourth-order valence-electron chi connectivity index (χ4n) is 3.08. The van der Waals surface area contributed by atoms with Gasteiger partial charge in [0.2, 0.25) is 5.91 Å². The average Bonchev–Trinajstić information content (AvgIpc) is 2.55. The molecule has 0 aliphatic carbocycles. The van der Waals surface area contributed by atoms with Crippen LogP contribution in [0.15, 0.2) is 47.4 Å². The lowest BCUT2D eigenvalue weighted by molar-refractivity contribution is -0.131. The van der Waals surface area contributed by atoms with Crippen molar-refractivity contribution in [1.29, 1.82) is 0 Å². The molecule has 1 saturated heterocycles. The highest BCUT2D eigenvalue weighted by molar-refractivity contribution is 8.00. The van der Waals surface area contributed by atoms with E-state index in [1.807, 2.05) is 17.0 Å². The van der Waals surface area contributed by atoms with E-state index in [0.717, 1.165) is 24.4 Å². The van der Waals surface area contributed by atoms with Gasteiger partial charge in [0.15, 0.2) is 0 Å². The summed E-state index contributed by atoms with van der Waals surface area (Å²) in [5.41, 5.74) is 6.15. The number of thioether (sulfide) groups is 1. The molecule has 4 heteroatoms. The molecular formula is C19H24N2OS. The number of nitrogens with two attached hydrogens (primary N) is 1. The number of amides is 1. The number of fused-ring (bicyclic) bond motifs is 1. The van der Waals surface area contributed by atoms with Crippen molar-refractivity contribution in [2.75, 3.05) is 18.8 Å². The Bertz CT molecular complexity index is 713. The highest BCUT2D eigenvalue weighted by Crippen LogP contribution is 2.29. The predicted molar refractivity (Wildman–Crippen MR) is 97.6 cm³/mol. The Morgan fingerprint density at radius 3 is 2.74 bits per heavy atom. The number of nitrogens with zero attached hydrogens (tertiary/aromatic N) is 1. The fourth-order valence-corrected chi connectivity index (χ4v) is 3.93. The lowest BCUT2D eigenvalue weighted by atomic mass is 9.80. The molecule has 23 heavy (non-hydrogen) atoms. The minimum absolute atomic E-state index is 0.00151. The molecule has 1 heterocycles. The topological polar surface area (TPSA) is 46.3 Å². The van der Waals surface area contributed by atoms with E-state index in [0.29, 0.717) is 5.75 Å². The molecule has 1 atom stereocenters. The lowest BCUT2D eigenvalue weighted by Gasteiger charge is -2.42. The Balaban J connectivity index is 1.62. The summed E-state index contributed by atoms with van der Waals surface area (Å²) < 4.78 is 0. The average molecular weight is 328 g/mol. The second-order valence-electron chi connectivity index (χ2n) is 7.00. The number of likely N-dealkylation sites (tertiary alicyclic amines) is 1. The van der Waals surface area contributed by atoms with E-state index in [-0.39, 0.29) is 17.4 Å². The summed E-state index contributed by atoms with van der Waals surface area (Å²) in [6.45, 7) is 5.83. The largest absolute Gasteiger partial charge is 0.341 e. The molecule has 122 valence electrons. The summed E-state index contributed by atoms with van der Waals surface area (Å²) in [6, 6.07) is 14.8. The van der Waals surface area contributed by atoms with Crippen LogP contribution in [0.5, 0.6) is 0 Å². The Hall–Kier alpha value is -1.52. The molecule has 1 fully saturated rings. The van der Waals surface area contributed by atoms with E-state index < -0.39 is 0 Å². The van der Waals surface area contributed by atoms with Crippen LogP contribution in [0, 0.1) is 5.41 Å². The molecular weight excluding hydrogens is 304 g/mol.